The predicted molar refractivity (Wildman–Crippen MR) is 58.2 cm³/mol. The zero-order chi connectivity index (χ0) is 11.4. The Hall–Kier alpha value is -1.36. The van der Waals surface area contributed by atoms with E-state index in [2.05, 4.69) is 10.4 Å². The van der Waals surface area contributed by atoms with E-state index in [0.29, 0.717) is 0 Å². The molecular weight excluding hydrogens is 192 g/mol. The van der Waals surface area contributed by atoms with E-state index in [-0.39, 0.29) is 24.0 Å². The molecule has 0 spiro atoms. The van der Waals surface area contributed by atoms with Crippen LogP contribution in [0.25, 0.3) is 0 Å². The molecule has 84 valence electrons. The summed E-state index contributed by atoms with van der Waals surface area (Å²) in [6, 6.07) is 1.87. The van der Waals surface area contributed by atoms with Gasteiger partial charge in [0.1, 0.15) is 0 Å². The monoisotopic (exact) mass is 210 g/mol. The summed E-state index contributed by atoms with van der Waals surface area (Å²) in [6.07, 6.45) is 3.64. The smallest absolute Gasteiger partial charge is 0.234 e. The second-order valence-electron chi connectivity index (χ2n) is 3.81. The summed E-state index contributed by atoms with van der Waals surface area (Å²) in [5.74, 6) is -0.338. The standard InChI is InChI=1S/C10H18N4O/c1-7(13-8(2)10(11)15)9(3)14-6-4-5-12-14/h4-9,13H,1-3H3,(H2,11,15)/t7-,8-,9+/m0/s1. The maximum Gasteiger partial charge on any atom is 0.234 e. The van der Waals surface area contributed by atoms with Crippen molar-refractivity contribution in [2.45, 2.75) is 38.9 Å². The van der Waals surface area contributed by atoms with Crippen LogP contribution < -0.4 is 11.1 Å². The Morgan fingerprint density at radius 1 is 1.47 bits per heavy atom. The van der Waals surface area contributed by atoms with Gasteiger partial charge in [-0.2, -0.15) is 5.10 Å². The summed E-state index contributed by atoms with van der Waals surface area (Å²) in [5, 5.41) is 7.28. The molecule has 0 fully saturated rings. The topological polar surface area (TPSA) is 72.9 Å². The van der Waals surface area contributed by atoms with Gasteiger partial charge in [0.2, 0.25) is 5.91 Å². The summed E-state index contributed by atoms with van der Waals surface area (Å²) < 4.78 is 1.85. The van der Waals surface area contributed by atoms with Crippen LogP contribution in [0, 0.1) is 0 Å². The van der Waals surface area contributed by atoms with Crippen LogP contribution in [-0.4, -0.2) is 27.8 Å². The zero-order valence-corrected chi connectivity index (χ0v) is 9.34. The van der Waals surface area contributed by atoms with Crippen LogP contribution in [0.2, 0.25) is 0 Å². The lowest BCUT2D eigenvalue weighted by Gasteiger charge is -2.24. The van der Waals surface area contributed by atoms with Crippen LogP contribution in [0.1, 0.15) is 26.8 Å². The molecule has 5 nitrogen and oxygen atoms in total. The number of rotatable bonds is 5. The van der Waals surface area contributed by atoms with Crippen molar-refractivity contribution in [1.82, 2.24) is 15.1 Å². The molecule has 0 aliphatic heterocycles. The zero-order valence-electron chi connectivity index (χ0n) is 9.34. The number of carbonyl (C=O) groups is 1. The van der Waals surface area contributed by atoms with E-state index in [1.807, 2.05) is 30.8 Å². The SMILES string of the molecule is C[C@H](N[C@@H](C)[C@@H](C)n1cccn1)C(N)=O. The molecule has 1 amide bonds. The fourth-order valence-electron chi connectivity index (χ4n) is 1.37. The summed E-state index contributed by atoms with van der Waals surface area (Å²) >= 11 is 0. The van der Waals surface area contributed by atoms with Gasteiger partial charge in [0.15, 0.2) is 0 Å². The highest BCUT2D eigenvalue weighted by Gasteiger charge is 2.18. The highest BCUT2D eigenvalue weighted by molar-refractivity contribution is 5.79. The molecule has 0 unspecified atom stereocenters. The first-order chi connectivity index (χ1) is 7.02. The van der Waals surface area contributed by atoms with E-state index in [4.69, 9.17) is 5.73 Å². The van der Waals surface area contributed by atoms with Crippen molar-refractivity contribution in [1.29, 1.82) is 0 Å². The Kier molecular flexibility index (Phi) is 3.85. The van der Waals surface area contributed by atoms with Crippen molar-refractivity contribution < 1.29 is 4.79 Å². The molecule has 5 heteroatoms. The molecule has 0 bridgehead atoms. The van der Waals surface area contributed by atoms with Crippen molar-refractivity contribution >= 4 is 5.91 Å². The van der Waals surface area contributed by atoms with E-state index in [0.717, 1.165) is 0 Å². The van der Waals surface area contributed by atoms with Gasteiger partial charge in [-0.05, 0) is 26.8 Å². The van der Waals surface area contributed by atoms with Crippen molar-refractivity contribution in [3.63, 3.8) is 0 Å². The van der Waals surface area contributed by atoms with E-state index in [1.54, 1.807) is 13.1 Å². The average molecular weight is 210 g/mol. The number of nitrogens with zero attached hydrogens (tertiary/aromatic N) is 2. The Balaban J connectivity index is 2.54. The number of hydrogen-bond donors (Lipinski definition) is 2. The molecule has 0 aliphatic rings. The average Bonchev–Trinajstić information content (AvgIpc) is 2.68. The molecule has 3 N–H and O–H groups in total. The van der Waals surface area contributed by atoms with Crippen molar-refractivity contribution in [2.75, 3.05) is 0 Å². The lowest BCUT2D eigenvalue weighted by atomic mass is 10.1. The second-order valence-corrected chi connectivity index (χ2v) is 3.81. The maximum absolute atomic E-state index is 10.9. The third-order valence-electron chi connectivity index (χ3n) is 2.61. The number of nitrogens with two attached hydrogens (primary N) is 1. The molecule has 1 aromatic rings. The van der Waals surface area contributed by atoms with Gasteiger partial charge < -0.3 is 11.1 Å². The Morgan fingerprint density at radius 2 is 2.13 bits per heavy atom. The molecule has 1 aromatic heterocycles. The summed E-state index contributed by atoms with van der Waals surface area (Å²) in [5.41, 5.74) is 5.18. The first kappa shape index (κ1) is 11.7. The van der Waals surface area contributed by atoms with Crippen LogP contribution in [0.3, 0.4) is 0 Å². The van der Waals surface area contributed by atoms with Crippen LogP contribution in [0.5, 0.6) is 0 Å². The highest BCUT2D eigenvalue weighted by atomic mass is 16.1. The minimum atomic E-state index is -0.338. The molecule has 0 aliphatic carbocycles. The molecule has 0 saturated heterocycles. The Morgan fingerprint density at radius 3 is 2.60 bits per heavy atom. The molecular formula is C10H18N4O. The van der Waals surface area contributed by atoms with Crippen molar-refractivity contribution in [3.8, 4) is 0 Å². The molecule has 15 heavy (non-hydrogen) atoms. The normalized spacial score (nSPS) is 17.0. The minimum absolute atomic E-state index is 0.132. The fraction of sp³-hybridized carbons (Fsp3) is 0.600. The summed E-state index contributed by atoms with van der Waals surface area (Å²) in [4.78, 5) is 10.9. The second kappa shape index (κ2) is 4.93. The minimum Gasteiger partial charge on any atom is -0.368 e. The number of primary amides is 1. The maximum atomic E-state index is 10.9. The largest absolute Gasteiger partial charge is 0.368 e. The van der Waals surface area contributed by atoms with E-state index >= 15 is 0 Å². The van der Waals surface area contributed by atoms with Gasteiger partial charge in [-0.3, -0.25) is 9.48 Å². The first-order valence-corrected chi connectivity index (χ1v) is 5.07. The van der Waals surface area contributed by atoms with Gasteiger partial charge in [0.05, 0.1) is 12.1 Å². The number of amides is 1. The number of carbonyl (C=O) groups excluding carboxylic acids is 1. The third-order valence-corrected chi connectivity index (χ3v) is 2.61. The van der Waals surface area contributed by atoms with E-state index < -0.39 is 0 Å². The van der Waals surface area contributed by atoms with E-state index in [1.165, 1.54) is 0 Å². The van der Waals surface area contributed by atoms with Crippen LogP contribution >= 0.6 is 0 Å². The summed E-state index contributed by atoms with van der Waals surface area (Å²) in [7, 11) is 0. The van der Waals surface area contributed by atoms with Gasteiger partial charge in [-0.15, -0.1) is 0 Å². The lowest BCUT2D eigenvalue weighted by Crippen LogP contribution is -2.46. The van der Waals surface area contributed by atoms with Crippen molar-refractivity contribution in [2.24, 2.45) is 5.73 Å². The van der Waals surface area contributed by atoms with Gasteiger partial charge in [-0.1, -0.05) is 0 Å². The molecule has 3 atom stereocenters. The van der Waals surface area contributed by atoms with Gasteiger partial charge >= 0.3 is 0 Å². The first-order valence-electron chi connectivity index (χ1n) is 5.07. The van der Waals surface area contributed by atoms with Gasteiger partial charge in [0.25, 0.3) is 0 Å². The molecule has 1 heterocycles. The van der Waals surface area contributed by atoms with Crippen LogP contribution in [0.4, 0.5) is 0 Å². The lowest BCUT2D eigenvalue weighted by molar-refractivity contribution is -0.119. The summed E-state index contributed by atoms with van der Waals surface area (Å²) in [6.45, 7) is 5.80. The number of aromatic nitrogens is 2. The highest BCUT2D eigenvalue weighted by Crippen LogP contribution is 2.09. The van der Waals surface area contributed by atoms with E-state index in [9.17, 15) is 4.79 Å². The predicted octanol–water partition coefficient (Wildman–Crippen LogP) is 0.296. The number of nitrogens with one attached hydrogen (secondary N) is 1. The Labute approximate surface area is 89.6 Å². The molecule has 0 aromatic carbocycles. The van der Waals surface area contributed by atoms with Crippen LogP contribution in [0.15, 0.2) is 18.5 Å². The quantitative estimate of drug-likeness (QED) is 0.734. The van der Waals surface area contributed by atoms with Crippen LogP contribution in [-0.2, 0) is 4.79 Å². The molecule has 0 radical (unpaired) electrons. The van der Waals surface area contributed by atoms with Gasteiger partial charge in [-0.25, -0.2) is 0 Å². The molecule has 0 saturated carbocycles. The fourth-order valence-corrected chi connectivity index (χ4v) is 1.37. The Bertz CT molecular complexity index is 309. The van der Waals surface area contributed by atoms with Gasteiger partial charge in [0, 0.05) is 18.4 Å². The molecule has 1 rings (SSSR count). The number of hydrogen-bond acceptors (Lipinski definition) is 3. The van der Waals surface area contributed by atoms with Crippen molar-refractivity contribution in [3.05, 3.63) is 18.5 Å². The third kappa shape index (κ3) is 3.06.